The summed E-state index contributed by atoms with van der Waals surface area (Å²) in [6, 6.07) is 0. The molecule has 3 nitrogen and oxygen atoms in total. The van der Waals surface area contributed by atoms with Gasteiger partial charge in [0.05, 0.1) is 13.1 Å². The van der Waals surface area contributed by atoms with E-state index >= 15 is 0 Å². The standard InChI is InChI=1S/C9H17N2O/c1-10(2)8-9(12)11-6-4-3-5-7-11/h6H,3-5,7-8H2,1-2H3. The third kappa shape index (κ3) is 2.81. The van der Waals surface area contributed by atoms with Crippen LogP contribution in [0.5, 0.6) is 0 Å². The molecule has 1 fully saturated rings. The maximum atomic E-state index is 11.5. The Morgan fingerprint density at radius 1 is 1.50 bits per heavy atom. The summed E-state index contributed by atoms with van der Waals surface area (Å²) in [5.41, 5.74) is 0. The zero-order valence-electron chi connectivity index (χ0n) is 7.92. The van der Waals surface area contributed by atoms with E-state index in [9.17, 15) is 4.79 Å². The van der Waals surface area contributed by atoms with Gasteiger partial charge in [0.15, 0.2) is 0 Å². The van der Waals surface area contributed by atoms with Crippen LogP contribution in [0.25, 0.3) is 0 Å². The third-order valence-electron chi connectivity index (χ3n) is 1.97. The van der Waals surface area contributed by atoms with Gasteiger partial charge in [0.1, 0.15) is 0 Å². The molecule has 0 aliphatic carbocycles. The molecule has 1 heterocycles. The van der Waals surface area contributed by atoms with Gasteiger partial charge in [-0.05, 0) is 33.4 Å². The first-order valence-electron chi connectivity index (χ1n) is 4.47. The van der Waals surface area contributed by atoms with Crippen molar-refractivity contribution in [3.63, 3.8) is 0 Å². The summed E-state index contributed by atoms with van der Waals surface area (Å²) in [5.74, 6) is 0.222. The molecule has 1 aliphatic rings. The molecule has 0 spiro atoms. The lowest BCUT2D eigenvalue weighted by Gasteiger charge is -2.27. The average Bonchev–Trinajstić information content (AvgIpc) is 2.05. The van der Waals surface area contributed by atoms with Crippen molar-refractivity contribution in [3.05, 3.63) is 6.54 Å². The van der Waals surface area contributed by atoms with Crippen molar-refractivity contribution in [3.8, 4) is 0 Å². The van der Waals surface area contributed by atoms with Crippen LogP contribution in [0.3, 0.4) is 0 Å². The van der Waals surface area contributed by atoms with E-state index in [1.165, 1.54) is 6.42 Å². The molecule has 0 aromatic heterocycles. The average molecular weight is 169 g/mol. The molecule has 0 N–H and O–H groups in total. The van der Waals surface area contributed by atoms with Crippen LogP contribution >= 0.6 is 0 Å². The molecular formula is C9H17N2O. The van der Waals surface area contributed by atoms with Crippen LogP contribution in [-0.4, -0.2) is 42.9 Å². The molecule has 0 bridgehead atoms. The smallest absolute Gasteiger partial charge is 0.237 e. The highest BCUT2D eigenvalue weighted by Crippen LogP contribution is 2.12. The number of piperidine rings is 1. The van der Waals surface area contributed by atoms with E-state index < -0.39 is 0 Å². The monoisotopic (exact) mass is 169 g/mol. The molecule has 3 heteroatoms. The topological polar surface area (TPSA) is 23.6 Å². The zero-order chi connectivity index (χ0) is 8.97. The highest BCUT2D eigenvalue weighted by atomic mass is 16.2. The maximum absolute atomic E-state index is 11.5. The number of rotatable bonds is 2. The van der Waals surface area contributed by atoms with Crippen LogP contribution in [-0.2, 0) is 4.79 Å². The molecule has 1 aliphatic heterocycles. The highest BCUT2D eigenvalue weighted by Gasteiger charge is 2.16. The minimum absolute atomic E-state index is 0.222. The summed E-state index contributed by atoms with van der Waals surface area (Å²) in [6.07, 6.45) is 3.43. The van der Waals surface area contributed by atoms with E-state index in [1.807, 2.05) is 30.4 Å². The Hall–Kier alpha value is -0.570. The number of carbonyl (C=O) groups is 1. The summed E-state index contributed by atoms with van der Waals surface area (Å²) in [6.45, 7) is 3.46. The van der Waals surface area contributed by atoms with Crippen molar-refractivity contribution in [2.24, 2.45) is 0 Å². The van der Waals surface area contributed by atoms with Gasteiger partial charge in [-0.15, -0.1) is 0 Å². The SMILES string of the molecule is CN(C)CC(=O)N1[CH]CCCC1. The number of hydrogen-bond donors (Lipinski definition) is 0. The summed E-state index contributed by atoms with van der Waals surface area (Å²) in [5, 5.41) is 0. The lowest BCUT2D eigenvalue weighted by molar-refractivity contribution is -0.130. The Morgan fingerprint density at radius 2 is 2.25 bits per heavy atom. The number of hydrogen-bond acceptors (Lipinski definition) is 2. The maximum Gasteiger partial charge on any atom is 0.237 e. The number of amides is 1. The van der Waals surface area contributed by atoms with Crippen molar-refractivity contribution >= 4 is 5.91 Å². The van der Waals surface area contributed by atoms with E-state index in [-0.39, 0.29) is 5.91 Å². The van der Waals surface area contributed by atoms with Crippen molar-refractivity contribution in [1.82, 2.24) is 9.80 Å². The Balaban J connectivity index is 2.30. The van der Waals surface area contributed by atoms with Crippen molar-refractivity contribution in [2.45, 2.75) is 19.3 Å². The van der Waals surface area contributed by atoms with Crippen molar-refractivity contribution in [2.75, 3.05) is 27.2 Å². The van der Waals surface area contributed by atoms with E-state index in [0.29, 0.717) is 6.54 Å². The van der Waals surface area contributed by atoms with E-state index in [1.54, 1.807) is 0 Å². The van der Waals surface area contributed by atoms with Crippen LogP contribution < -0.4 is 0 Å². The second-order valence-corrected chi connectivity index (χ2v) is 3.50. The summed E-state index contributed by atoms with van der Waals surface area (Å²) >= 11 is 0. The minimum Gasteiger partial charge on any atom is -0.337 e. The normalized spacial score (nSPS) is 18.4. The van der Waals surface area contributed by atoms with Crippen LogP contribution in [0.4, 0.5) is 0 Å². The van der Waals surface area contributed by atoms with E-state index in [2.05, 4.69) is 0 Å². The largest absolute Gasteiger partial charge is 0.337 e. The molecule has 0 aromatic rings. The van der Waals surface area contributed by atoms with Gasteiger partial charge in [-0.25, -0.2) is 0 Å². The van der Waals surface area contributed by atoms with Gasteiger partial charge < -0.3 is 9.80 Å². The Morgan fingerprint density at radius 3 is 2.75 bits per heavy atom. The van der Waals surface area contributed by atoms with Gasteiger partial charge in [-0.3, -0.25) is 4.79 Å². The Bertz CT molecular complexity index is 151. The molecule has 0 unspecified atom stereocenters. The Kier molecular flexibility index (Phi) is 3.53. The summed E-state index contributed by atoms with van der Waals surface area (Å²) in [4.78, 5) is 15.2. The summed E-state index contributed by atoms with van der Waals surface area (Å²) in [7, 11) is 3.84. The molecule has 0 aromatic carbocycles. The van der Waals surface area contributed by atoms with Crippen LogP contribution in [0.15, 0.2) is 0 Å². The Labute approximate surface area is 74.3 Å². The van der Waals surface area contributed by atoms with Gasteiger partial charge in [0, 0.05) is 6.54 Å². The predicted molar refractivity (Wildman–Crippen MR) is 48.4 cm³/mol. The van der Waals surface area contributed by atoms with Gasteiger partial charge in [-0.1, -0.05) is 0 Å². The summed E-state index contributed by atoms with van der Waals surface area (Å²) < 4.78 is 0. The van der Waals surface area contributed by atoms with Gasteiger partial charge in [0.2, 0.25) is 5.91 Å². The number of likely N-dealkylation sites (N-methyl/N-ethyl adjacent to an activating group) is 1. The third-order valence-corrected chi connectivity index (χ3v) is 1.97. The molecule has 1 saturated heterocycles. The van der Waals surface area contributed by atoms with Crippen molar-refractivity contribution in [1.29, 1.82) is 0 Å². The zero-order valence-corrected chi connectivity index (χ0v) is 7.92. The first-order chi connectivity index (χ1) is 5.70. The first kappa shape index (κ1) is 9.52. The fourth-order valence-electron chi connectivity index (χ4n) is 1.35. The second-order valence-electron chi connectivity index (χ2n) is 3.50. The molecule has 1 radical (unpaired) electrons. The molecule has 0 atom stereocenters. The van der Waals surface area contributed by atoms with E-state index in [0.717, 1.165) is 19.4 Å². The lowest BCUT2D eigenvalue weighted by Crippen LogP contribution is -2.38. The molecular weight excluding hydrogens is 152 g/mol. The molecule has 1 rings (SSSR count). The van der Waals surface area contributed by atoms with Crippen LogP contribution in [0.1, 0.15) is 19.3 Å². The van der Waals surface area contributed by atoms with Gasteiger partial charge in [0.25, 0.3) is 0 Å². The minimum atomic E-state index is 0.222. The fraction of sp³-hybridized carbons (Fsp3) is 0.778. The number of likely N-dealkylation sites (tertiary alicyclic amines) is 1. The first-order valence-corrected chi connectivity index (χ1v) is 4.47. The van der Waals surface area contributed by atoms with Gasteiger partial charge >= 0.3 is 0 Å². The van der Waals surface area contributed by atoms with E-state index in [4.69, 9.17) is 0 Å². The molecule has 69 valence electrons. The quantitative estimate of drug-likeness (QED) is 0.608. The molecule has 12 heavy (non-hydrogen) atoms. The molecule has 0 saturated carbocycles. The number of nitrogens with zero attached hydrogens (tertiary/aromatic N) is 2. The predicted octanol–water partition coefficient (Wildman–Crippen LogP) is 0.722. The van der Waals surface area contributed by atoms with Crippen LogP contribution in [0.2, 0.25) is 0 Å². The van der Waals surface area contributed by atoms with Crippen molar-refractivity contribution < 1.29 is 4.79 Å². The number of carbonyl (C=O) groups excluding carboxylic acids is 1. The second kappa shape index (κ2) is 4.45. The highest BCUT2D eigenvalue weighted by molar-refractivity contribution is 5.78. The molecule has 1 amide bonds. The van der Waals surface area contributed by atoms with Crippen LogP contribution in [0, 0.1) is 6.54 Å². The fourth-order valence-corrected chi connectivity index (χ4v) is 1.35. The van der Waals surface area contributed by atoms with Gasteiger partial charge in [-0.2, -0.15) is 0 Å². The lowest BCUT2D eigenvalue weighted by atomic mass is 10.1.